The topological polar surface area (TPSA) is 18.5 Å². The summed E-state index contributed by atoms with van der Waals surface area (Å²) >= 11 is 2.17. The van der Waals surface area contributed by atoms with E-state index in [0.29, 0.717) is 18.8 Å². The first-order valence-corrected chi connectivity index (χ1v) is 9.98. The normalized spacial score (nSPS) is 33.9. The highest BCUT2D eigenvalue weighted by atomic mass is 127. The summed E-state index contributed by atoms with van der Waals surface area (Å²) in [4.78, 5) is 0. The van der Waals surface area contributed by atoms with Gasteiger partial charge in [0.05, 0.1) is 0 Å². The second-order valence-electron chi connectivity index (χ2n) is 7.95. The van der Waals surface area contributed by atoms with Crippen molar-refractivity contribution in [3.63, 3.8) is 0 Å². The van der Waals surface area contributed by atoms with E-state index < -0.39 is 42.5 Å². The van der Waals surface area contributed by atoms with E-state index in [2.05, 4.69) is 22.6 Å². The van der Waals surface area contributed by atoms with Gasteiger partial charge in [0.2, 0.25) is 0 Å². The lowest BCUT2D eigenvalue weighted by molar-refractivity contribution is -0.416. The second-order valence-corrected chi connectivity index (χ2v) is 9.39. The zero-order valence-corrected chi connectivity index (χ0v) is 17.3. The standard InChI is InChI=1S/C17H25F6IO2/c1-8(2)14(25-4)26-15(16(18,19)20,17(21,22)23)7-11-5-10-6-12(11)13(24)9(10)3/h8-14H,5-7H2,1-4H3. The maximum Gasteiger partial charge on any atom is 0.426 e. The van der Waals surface area contributed by atoms with E-state index in [9.17, 15) is 26.3 Å². The Labute approximate surface area is 163 Å². The van der Waals surface area contributed by atoms with Crippen molar-refractivity contribution in [1.82, 2.24) is 0 Å². The molecule has 26 heavy (non-hydrogen) atoms. The first kappa shape index (κ1) is 22.5. The van der Waals surface area contributed by atoms with E-state index in [-0.39, 0.29) is 15.8 Å². The van der Waals surface area contributed by atoms with Crippen LogP contribution >= 0.6 is 22.6 Å². The summed E-state index contributed by atoms with van der Waals surface area (Å²) in [6.07, 6.45) is -12.8. The Hall–Kier alpha value is 0.230. The number of hydrogen-bond acceptors (Lipinski definition) is 2. The molecule has 9 heteroatoms. The van der Waals surface area contributed by atoms with Crippen molar-refractivity contribution in [3.05, 3.63) is 0 Å². The smallest absolute Gasteiger partial charge is 0.356 e. The molecule has 0 spiro atoms. The number of fused-ring (bicyclic) bond motifs is 2. The first-order valence-electron chi connectivity index (χ1n) is 8.73. The molecule has 6 atom stereocenters. The van der Waals surface area contributed by atoms with Crippen molar-refractivity contribution >= 4 is 22.6 Å². The Morgan fingerprint density at radius 3 is 1.92 bits per heavy atom. The molecule has 2 aliphatic rings. The zero-order valence-electron chi connectivity index (χ0n) is 15.1. The largest absolute Gasteiger partial charge is 0.426 e. The van der Waals surface area contributed by atoms with Crippen LogP contribution in [0.5, 0.6) is 0 Å². The molecule has 2 fully saturated rings. The fraction of sp³-hybridized carbons (Fsp3) is 1.00. The molecule has 2 rings (SSSR count). The van der Waals surface area contributed by atoms with Crippen LogP contribution in [0, 0.1) is 29.6 Å². The van der Waals surface area contributed by atoms with Gasteiger partial charge in [-0.15, -0.1) is 0 Å². The van der Waals surface area contributed by atoms with Crippen LogP contribution in [0.3, 0.4) is 0 Å². The number of halogens is 7. The molecule has 154 valence electrons. The van der Waals surface area contributed by atoms with Gasteiger partial charge in [0.15, 0.2) is 6.29 Å². The van der Waals surface area contributed by atoms with Gasteiger partial charge in [0.1, 0.15) is 0 Å². The number of alkyl halides is 7. The van der Waals surface area contributed by atoms with Crippen LogP contribution in [0.4, 0.5) is 26.3 Å². The average Bonchev–Trinajstić information content (AvgIpc) is 3.00. The van der Waals surface area contributed by atoms with Gasteiger partial charge in [0.25, 0.3) is 5.60 Å². The van der Waals surface area contributed by atoms with Crippen molar-refractivity contribution in [2.75, 3.05) is 7.11 Å². The Bertz CT molecular complexity index is 477. The predicted octanol–water partition coefficient (Wildman–Crippen LogP) is 5.98. The van der Waals surface area contributed by atoms with Gasteiger partial charge in [-0.3, -0.25) is 0 Å². The maximum atomic E-state index is 13.8. The Morgan fingerprint density at radius 1 is 1.04 bits per heavy atom. The van der Waals surface area contributed by atoms with Crippen molar-refractivity contribution in [1.29, 1.82) is 0 Å². The lowest BCUT2D eigenvalue weighted by Gasteiger charge is -2.43. The van der Waals surface area contributed by atoms with E-state index >= 15 is 0 Å². The molecule has 0 aromatic carbocycles. The fourth-order valence-corrected chi connectivity index (χ4v) is 5.97. The van der Waals surface area contributed by atoms with Crippen LogP contribution in [0.15, 0.2) is 0 Å². The number of hydrogen-bond donors (Lipinski definition) is 0. The molecule has 0 saturated heterocycles. The van der Waals surface area contributed by atoms with Crippen molar-refractivity contribution in [2.45, 2.75) is 68.2 Å². The SMILES string of the molecule is COC(OC(CC1CC2CC1C(I)C2C)(C(F)(F)F)C(F)(F)F)C(C)C. The monoisotopic (exact) mass is 502 g/mol. The Balaban J connectivity index is 2.37. The highest BCUT2D eigenvalue weighted by Crippen LogP contribution is 2.60. The zero-order chi connectivity index (χ0) is 20.1. The molecule has 0 heterocycles. The van der Waals surface area contributed by atoms with Crippen LogP contribution in [0.1, 0.15) is 40.0 Å². The molecule has 0 aromatic rings. The van der Waals surface area contributed by atoms with Gasteiger partial charge in [-0.05, 0) is 42.9 Å². The van der Waals surface area contributed by atoms with Crippen molar-refractivity contribution in [2.24, 2.45) is 29.6 Å². The van der Waals surface area contributed by atoms with Gasteiger partial charge in [-0.1, -0.05) is 43.4 Å². The fourth-order valence-electron chi connectivity index (χ4n) is 4.50. The quantitative estimate of drug-likeness (QED) is 0.193. The van der Waals surface area contributed by atoms with Crippen molar-refractivity contribution in [3.8, 4) is 0 Å². The van der Waals surface area contributed by atoms with E-state index in [1.54, 1.807) is 0 Å². The van der Waals surface area contributed by atoms with Crippen LogP contribution in [-0.2, 0) is 9.47 Å². The third kappa shape index (κ3) is 3.86. The van der Waals surface area contributed by atoms with Crippen LogP contribution < -0.4 is 0 Å². The summed E-state index contributed by atoms with van der Waals surface area (Å²) in [6.45, 7) is 4.95. The molecule has 2 nitrogen and oxygen atoms in total. The molecule has 0 amide bonds. The molecule has 0 aliphatic heterocycles. The van der Waals surface area contributed by atoms with E-state index in [1.165, 1.54) is 13.8 Å². The molecule has 6 unspecified atom stereocenters. The van der Waals surface area contributed by atoms with Gasteiger partial charge >= 0.3 is 12.4 Å². The summed E-state index contributed by atoms with van der Waals surface area (Å²) in [6, 6.07) is 0. The lowest BCUT2D eigenvalue weighted by Crippen LogP contribution is -2.62. The maximum absolute atomic E-state index is 13.8. The highest BCUT2D eigenvalue weighted by Gasteiger charge is 2.74. The average molecular weight is 502 g/mol. The van der Waals surface area contributed by atoms with E-state index in [0.717, 1.165) is 7.11 Å². The molecular formula is C17H25F6IO2. The van der Waals surface area contributed by atoms with Crippen LogP contribution in [0.25, 0.3) is 0 Å². The minimum Gasteiger partial charge on any atom is -0.356 e. The second kappa shape index (κ2) is 7.57. The number of ether oxygens (including phenoxy) is 2. The predicted molar refractivity (Wildman–Crippen MR) is 92.9 cm³/mol. The number of methoxy groups -OCH3 is 1. The van der Waals surface area contributed by atoms with Gasteiger partial charge in [-0.25, -0.2) is 0 Å². The molecule has 2 bridgehead atoms. The molecule has 2 aliphatic carbocycles. The minimum absolute atomic E-state index is 0.0961. The van der Waals surface area contributed by atoms with Gasteiger partial charge in [0, 0.05) is 17.0 Å². The molecule has 0 aromatic heterocycles. The summed E-state index contributed by atoms with van der Waals surface area (Å²) in [5, 5.41) is 0. The van der Waals surface area contributed by atoms with Gasteiger partial charge < -0.3 is 9.47 Å². The van der Waals surface area contributed by atoms with E-state index in [4.69, 9.17) is 9.47 Å². The molecule has 2 saturated carbocycles. The van der Waals surface area contributed by atoms with Crippen molar-refractivity contribution < 1.29 is 35.8 Å². The number of rotatable bonds is 6. The lowest BCUT2D eigenvalue weighted by atomic mass is 9.76. The van der Waals surface area contributed by atoms with Crippen LogP contribution in [-0.4, -0.2) is 35.3 Å². The third-order valence-electron chi connectivity index (χ3n) is 6.00. The summed E-state index contributed by atoms with van der Waals surface area (Å²) in [5.41, 5.74) is -4.21. The molecule has 0 radical (unpaired) electrons. The Kier molecular flexibility index (Phi) is 6.56. The Morgan fingerprint density at radius 2 is 1.58 bits per heavy atom. The minimum atomic E-state index is -5.58. The first-order chi connectivity index (χ1) is 11.7. The molecular weight excluding hydrogens is 477 g/mol. The highest BCUT2D eigenvalue weighted by molar-refractivity contribution is 14.1. The third-order valence-corrected chi connectivity index (χ3v) is 8.06. The van der Waals surface area contributed by atoms with Crippen LogP contribution in [0.2, 0.25) is 0 Å². The van der Waals surface area contributed by atoms with E-state index in [1.807, 2.05) is 6.92 Å². The summed E-state index contributed by atoms with van der Waals surface area (Å²) in [7, 11) is 1.06. The van der Waals surface area contributed by atoms with Gasteiger partial charge in [-0.2, -0.15) is 26.3 Å². The summed E-state index contributed by atoms with van der Waals surface area (Å²) in [5.74, 6) is -0.934. The summed E-state index contributed by atoms with van der Waals surface area (Å²) < 4.78 is 92.4. The molecule has 0 N–H and O–H groups in total.